The maximum absolute atomic E-state index is 12.2. The average Bonchev–Trinajstić information content (AvgIpc) is 3.22. The molecule has 0 aliphatic carbocycles. The van der Waals surface area contributed by atoms with E-state index in [1.54, 1.807) is 16.9 Å². The Hall–Kier alpha value is -2.93. The zero-order chi connectivity index (χ0) is 17.8. The molecule has 130 valence electrons. The summed E-state index contributed by atoms with van der Waals surface area (Å²) in [5, 5.41) is 20.8. The molecule has 0 fully saturated rings. The van der Waals surface area contributed by atoms with Crippen molar-refractivity contribution in [2.45, 2.75) is 26.5 Å². The van der Waals surface area contributed by atoms with E-state index in [0.29, 0.717) is 12.3 Å². The number of aromatic nitrogens is 3. The molecule has 1 unspecified atom stereocenters. The standard InChI is InChI=1S/C18H20N4O3/c1-12-8-20-22(10-12)11-14-7-16(21-25-14)18(24)19-9-17(23)15-6-4-3-5-13(15)2/h3-8,10,17,23H,9,11H2,1-2H3,(H,19,24). The van der Waals surface area contributed by atoms with Crippen molar-refractivity contribution >= 4 is 5.91 Å². The van der Waals surface area contributed by atoms with Gasteiger partial charge in [-0.3, -0.25) is 9.48 Å². The van der Waals surface area contributed by atoms with E-state index in [4.69, 9.17) is 4.52 Å². The fraction of sp³-hybridized carbons (Fsp3) is 0.278. The largest absolute Gasteiger partial charge is 0.387 e. The Morgan fingerprint density at radius 3 is 2.88 bits per heavy atom. The number of nitrogens with one attached hydrogen (secondary N) is 1. The van der Waals surface area contributed by atoms with E-state index in [-0.39, 0.29) is 18.1 Å². The first-order valence-electron chi connectivity index (χ1n) is 7.99. The lowest BCUT2D eigenvalue weighted by molar-refractivity contribution is 0.0907. The van der Waals surface area contributed by atoms with Gasteiger partial charge in [0, 0.05) is 18.8 Å². The van der Waals surface area contributed by atoms with Crippen molar-refractivity contribution in [3.05, 3.63) is 70.9 Å². The summed E-state index contributed by atoms with van der Waals surface area (Å²) in [6.45, 7) is 4.37. The Morgan fingerprint density at radius 1 is 1.36 bits per heavy atom. The third-order valence-corrected chi connectivity index (χ3v) is 3.88. The predicted octanol–water partition coefficient (Wildman–Crippen LogP) is 2.00. The van der Waals surface area contributed by atoms with Crippen LogP contribution in [0.4, 0.5) is 0 Å². The van der Waals surface area contributed by atoms with Gasteiger partial charge in [-0.2, -0.15) is 5.10 Å². The van der Waals surface area contributed by atoms with Crippen molar-refractivity contribution < 1.29 is 14.4 Å². The minimum Gasteiger partial charge on any atom is -0.387 e. The molecule has 2 N–H and O–H groups in total. The van der Waals surface area contributed by atoms with Crippen LogP contribution >= 0.6 is 0 Å². The van der Waals surface area contributed by atoms with Crippen molar-refractivity contribution in [2.24, 2.45) is 0 Å². The highest BCUT2D eigenvalue weighted by atomic mass is 16.5. The third kappa shape index (κ3) is 4.13. The van der Waals surface area contributed by atoms with Gasteiger partial charge in [-0.25, -0.2) is 0 Å². The molecule has 0 saturated heterocycles. The minimum atomic E-state index is -0.774. The monoisotopic (exact) mass is 340 g/mol. The summed E-state index contributed by atoms with van der Waals surface area (Å²) in [6.07, 6.45) is 2.85. The van der Waals surface area contributed by atoms with E-state index in [1.807, 2.05) is 44.3 Å². The second kappa shape index (κ2) is 7.31. The normalized spacial score (nSPS) is 12.1. The van der Waals surface area contributed by atoms with Crippen LogP contribution in [0.15, 0.2) is 47.2 Å². The Morgan fingerprint density at radius 2 is 2.16 bits per heavy atom. The van der Waals surface area contributed by atoms with Gasteiger partial charge in [0.05, 0.1) is 12.3 Å². The molecule has 0 aliphatic heterocycles. The quantitative estimate of drug-likeness (QED) is 0.716. The van der Waals surface area contributed by atoms with Crippen LogP contribution < -0.4 is 5.32 Å². The number of amides is 1. The van der Waals surface area contributed by atoms with Crippen LogP contribution in [0.2, 0.25) is 0 Å². The number of nitrogens with zero attached hydrogens (tertiary/aromatic N) is 3. The van der Waals surface area contributed by atoms with E-state index < -0.39 is 6.10 Å². The number of rotatable bonds is 6. The summed E-state index contributed by atoms with van der Waals surface area (Å²) in [7, 11) is 0. The molecule has 1 atom stereocenters. The highest BCUT2D eigenvalue weighted by molar-refractivity contribution is 5.92. The second-order valence-electron chi connectivity index (χ2n) is 5.98. The van der Waals surface area contributed by atoms with Gasteiger partial charge in [-0.15, -0.1) is 0 Å². The van der Waals surface area contributed by atoms with Crippen LogP contribution in [-0.4, -0.2) is 32.5 Å². The number of aryl methyl sites for hydroxylation is 2. The van der Waals surface area contributed by atoms with Crippen LogP contribution in [0.25, 0.3) is 0 Å². The number of hydrogen-bond acceptors (Lipinski definition) is 5. The van der Waals surface area contributed by atoms with Crippen molar-refractivity contribution in [3.8, 4) is 0 Å². The summed E-state index contributed by atoms with van der Waals surface area (Å²) in [6, 6.07) is 9.09. The molecule has 1 aromatic carbocycles. The molecule has 0 spiro atoms. The van der Waals surface area contributed by atoms with E-state index in [0.717, 1.165) is 16.7 Å². The summed E-state index contributed by atoms with van der Waals surface area (Å²) >= 11 is 0. The van der Waals surface area contributed by atoms with Crippen molar-refractivity contribution in [3.63, 3.8) is 0 Å². The first kappa shape index (κ1) is 16.9. The molecule has 7 nitrogen and oxygen atoms in total. The summed E-state index contributed by atoms with van der Waals surface area (Å²) in [4.78, 5) is 12.2. The maximum atomic E-state index is 12.2. The van der Waals surface area contributed by atoms with Gasteiger partial charge in [-0.1, -0.05) is 29.4 Å². The first-order chi connectivity index (χ1) is 12.0. The molecule has 7 heteroatoms. The molecule has 0 bridgehead atoms. The average molecular weight is 340 g/mol. The van der Waals surface area contributed by atoms with Crippen LogP contribution in [0.3, 0.4) is 0 Å². The Kier molecular flexibility index (Phi) is 4.95. The van der Waals surface area contributed by atoms with Gasteiger partial charge in [0.25, 0.3) is 5.91 Å². The van der Waals surface area contributed by atoms with Crippen LogP contribution in [0, 0.1) is 13.8 Å². The first-order valence-corrected chi connectivity index (χ1v) is 7.99. The van der Waals surface area contributed by atoms with Gasteiger partial charge < -0.3 is 14.9 Å². The lowest BCUT2D eigenvalue weighted by Gasteiger charge is -2.13. The SMILES string of the molecule is Cc1cnn(Cc2cc(C(=O)NCC(O)c3ccccc3C)no2)c1. The van der Waals surface area contributed by atoms with E-state index in [1.165, 1.54) is 0 Å². The number of hydrogen-bond donors (Lipinski definition) is 2. The number of aliphatic hydroxyl groups excluding tert-OH is 1. The lowest BCUT2D eigenvalue weighted by atomic mass is 10.0. The summed E-state index contributed by atoms with van der Waals surface area (Å²) < 4.78 is 6.88. The zero-order valence-electron chi connectivity index (χ0n) is 14.1. The Balaban J connectivity index is 1.57. The van der Waals surface area contributed by atoms with Gasteiger partial charge in [0.2, 0.25) is 0 Å². The lowest BCUT2D eigenvalue weighted by Crippen LogP contribution is -2.28. The molecule has 25 heavy (non-hydrogen) atoms. The molecule has 3 aromatic rings. The van der Waals surface area contributed by atoms with Crippen molar-refractivity contribution in [1.29, 1.82) is 0 Å². The Labute approximate surface area is 145 Å². The molecule has 3 rings (SSSR count). The van der Waals surface area contributed by atoms with E-state index in [2.05, 4.69) is 15.6 Å². The van der Waals surface area contributed by atoms with Crippen LogP contribution in [0.5, 0.6) is 0 Å². The van der Waals surface area contributed by atoms with Crippen molar-refractivity contribution in [1.82, 2.24) is 20.3 Å². The molecule has 0 radical (unpaired) electrons. The van der Waals surface area contributed by atoms with E-state index in [9.17, 15) is 9.90 Å². The van der Waals surface area contributed by atoms with Gasteiger partial charge in [0.15, 0.2) is 11.5 Å². The van der Waals surface area contributed by atoms with E-state index >= 15 is 0 Å². The zero-order valence-corrected chi connectivity index (χ0v) is 14.1. The molecular weight excluding hydrogens is 320 g/mol. The highest BCUT2D eigenvalue weighted by Gasteiger charge is 2.16. The molecule has 0 aliphatic rings. The fourth-order valence-electron chi connectivity index (χ4n) is 2.56. The second-order valence-corrected chi connectivity index (χ2v) is 5.98. The summed E-state index contributed by atoms with van der Waals surface area (Å²) in [5.41, 5.74) is 2.98. The molecule has 2 heterocycles. The van der Waals surface area contributed by atoms with Gasteiger partial charge in [0.1, 0.15) is 6.54 Å². The fourth-order valence-corrected chi connectivity index (χ4v) is 2.56. The number of carbonyl (C=O) groups excluding carboxylic acids is 1. The topological polar surface area (TPSA) is 93.2 Å². The summed E-state index contributed by atoms with van der Waals surface area (Å²) in [5.74, 6) is 0.145. The number of benzene rings is 1. The number of aliphatic hydroxyl groups is 1. The molecular formula is C18H20N4O3. The smallest absolute Gasteiger partial charge is 0.273 e. The maximum Gasteiger partial charge on any atom is 0.273 e. The molecule has 2 aromatic heterocycles. The Bertz CT molecular complexity index is 869. The van der Waals surface area contributed by atoms with Crippen LogP contribution in [0.1, 0.15) is 39.0 Å². The minimum absolute atomic E-state index is 0.101. The van der Waals surface area contributed by atoms with Crippen molar-refractivity contribution in [2.75, 3.05) is 6.54 Å². The van der Waals surface area contributed by atoms with Crippen LogP contribution in [-0.2, 0) is 6.54 Å². The van der Waals surface area contributed by atoms with Gasteiger partial charge in [-0.05, 0) is 30.5 Å². The third-order valence-electron chi connectivity index (χ3n) is 3.88. The van der Waals surface area contributed by atoms with Gasteiger partial charge >= 0.3 is 0 Å². The highest BCUT2D eigenvalue weighted by Crippen LogP contribution is 2.16. The molecule has 1 amide bonds. The molecule has 0 saturated carbocycles. The predicted molar refractivity (Wildman–Crippen MR) is 91.0 cm³/mol. The number of carbonyl (C=O) groups is 1.